The molecule has 0 unspecified atom stereocenters. The molecule has 2 aromatic heterocycles. The lowest BCUT2D eigenvalue weighted by atomic mass is 10.2. The monoisotopic (exact) mass is 236 g/mol. The Kier molecular flexibility index (Phi) is 1.50. The van der Waals surface area contributed by atoms with Gasteiger partial charge in [-0.3, -0.25) is 0 Å². The fourth-order valence-corrected chi connectivity index (χ4v) is 2.01. The summed E-state index contributed by atoms with van der Waals surface area (Å²) in [7, 11) is 0. The lowest BCUT2D eigenvalue weighted by Crippen LogP contribution is -1.85. The van der Waals surface area contributed by atoms with E-state index in [0.29, 0.717) is 0 Å². The van der Waals surface area contributed by atoms with Crippen molar-refractivity contribution in [2.24, 2.45) is 0 Å². The molecule has 3 heteroatoms. The van der Waals surface area contributed by atoms with Crippen LogP contribution in [0.2, 0.25) is 0 Å². The van der Waals surface area contributed by atoms with Crippen molar-refractivity contribution in [3.05, 3.63) is 28.5 Å². The second-order valence-corrected chi connectivity index (χ2v) is 4.40. The molecule has 2 nitrogen and oxygen atoms in total. The summed E-state index contributed by atoms with van der Waals surface area (Å²) in [6.45, 7) is 0. The van der Waals surface area contributed by atoms with E-state index < -0.39 is 0 Å². The number of fused-ring (bicyclic) bond motifs is 1. The summed E-state index contributed by atoms with van der Waals surface area (Å²) in [5.41, 5.74) is 3.41. The van der Waals surface area contributed by atoms with Gasteiger partial charge in [0.25, 0.3) is 0 Å². The van der Waals surface area contributed by atoms with Gasteiger partial charge in [-0.05, 0) is 40.9 Å². The lowest BCUT2D eigenvalue weighted by molar-refractivity contribution is 1.04. The average Bonchev–Trinajstić information content (AvgIpc) is 2.93. The van der Waals surface area contributed by atoms with Gasteiger partial charge in [-0.1, -0.05) is 0 Å². The van der Waals surface area contributed by atoms with E-state index in [9.17, 15) is 0 Å². The topological polar surface area (TPSA) is 28.7 Å². The zero-order valence-corrected chi connectivity index (χ0v) is 8.63. The molecule has 13 heavy (non-hydrogen) atoms. The summed E-state index contributed by atoms with van der Waals surface area (Å²) in [5.74, 6) is 0.728. The second kappa shape index (κ2) is 2.58. The van der Waals surface area contributed by atoms with E-state index in [-0.39, 0.29) is 0 Å². The molecular weight excluding hydrogens is 228 g/mol. The number of H-pyrrole nitrogens is 1. The maximum atomic E-state index is 4.62. The molecule has 2 aromatic rings. The Morgan fingerprint density at radius 1 is 1.38 bits per heavy atom. The van der Waals surface area contributed by atoms with Gasteiger partial charge in [0.05, 0.1) is 9.99 Å². The number of nitrogens with zero attached hydrogens (tertiary/aromatic N) is 1. The molecule has 1 aliphatic rings. The molecule has 0 amide bonds. The highest BCUT2D eigenvalue weighted by molar-refractivity contribution is 9.10. The van der Waals surface area contributed by atoms with Crippen LogP contribution in [0.1, 0.15) is 24.5 Å². The number of halogens is 1. The van der Waals surface area contributed by atoms with Gasteiger partial charge in [-0.15, -0.1) is 0 Å². The number of hydrogen-bond donors (Lipinski definition) is 1. The van der Waals surface area contributed by atoms with Crippen LogP contribution < -0.4 is 0 Å². The van der Waals surface area contributed by atoms with Crippen molar-refractivity contribution < 1.29 is 0 Å². The quantitative estimate of drug-likeness (QED) is 0.810. The number of aromatic nitrogens is 2. The molecule has 0 spiro atoms. The Hall–Kier alpha value is -0.830. The predicted octanol–water partition coefficient (Wildman–Crippen LogP) is 3.20. The van der Waals surface area contributed by atoms with Gasteiger partial charge in [-0.25, -0.2) is 4.98 Å². The molecule has 1 N–H and O–H groups in total. The zero-order valence-electron chi connectivity index (χ0n) is 7.05. The third kappa shape index (κ3) is 1.18. The number of rotatable bonds is 1. The predicted molar refractivity (Wildman–Crippen MR) is 55.8 cm³/mol. The van der Waals surface area contributed by atoms with Crippen LogP contribution in [0.4, 0.5) is 0 Å². The van der Waals surface area contributed by atoms with E-state index in [4.69, 9.17) is 0 Å². The number of hydrogen-bond acceptors (Lipinski definition) is 1. The number of pyridine rings is 1. The Bertz CT molecular complexity index is 457. The maximum absolute atomic E-state index is 4.62. The third-order valence-corrected chi connectivity index (χ3v) is 3.10. The van der Waals surface area contributed by atoms with Crippen LogP contribution in [-0.2, 0) is 0 Å². The van der Waals surface area contributed by atoms with Crippen LogP contribution in [0.25, 0.3) is 11.0 Å². The van der Waals surface area contributed by atoms with E-state index in [1.165, 1.54) is 18.5 Å². The standard InChI is InChI=1S/C10H9BrN2/c11-7-5-12-9-4-3-8(6-1-2-6)13-10(7)9/h3-6,12H,1-2H2. The lowest BCUT2D eigenvalue weighted by Gasteiger charge is -1.96. The summed E-state index contributed by atoms with van der Waals surface area (Å²) in [4.78, 5) is 7.78. The zero-order chi connectivity index (χ0) is 8.84. The van der Waals surface area contributed by atoms with Crippen LogP contribution in [0.15, 0.2) is 22.8 Å². The molecule has 0 atom stereocenters. The first-order valence-electron chi connectivity index (χ1n) is 4.48. The molecule has 0 bridgehead atoms. The average molecular weight is 237 g/mol. The van der Waals surface area contributed by atoms with Gasteiger partial charge in [0, 0.05) is 17.8 Å². The van der Waals surface area contributed by atoms with E-state index in [1.807, 2.05) is 6.20 Å². The first-order valence-corrected chi connectivity index (χ1v) is 5.27. The van der Waals surface area contributed by atoms with Gasteiger partial charge in [0.15, 0.2) is 0 Å². The maximum Gasteiger partial charge on any atom is 0.102 e. The van der Waals surface area contributed by atoms with Crippen LogP contribution in [0, 0.1) is 0 Å². The van der Waals surface area contributed by atoms with Crippen molar-refractivity contribution in [2.45, 2.75) is 18.8 Å². The highest BCUT2D eigenvalue weighted by atomic mass is 79.9. The Labute approximate surface area is 84.5 Å². The number of aromatic amines is 1. The molecule has 2 heterocycles. The molecular formula is C10H9BrN2. The van der Waals surface area contributed by atoms with Crippen molar-refractivity contribution in [1.82, 2.24) is 9.97 Å². The summed E-state index contributed by atoms with van der Waals surface area (Å²) in [6.07, 6.45) is 4.55. The highest BCUT2D eigenvalue weighted by Crippen LogP contribution is 2.39. The fraction of sp³-hybridized carbons (Fsp3) is 0.300. The van der Waals surface area contributed by atoms with Crippen molar-refractivity contribution in [1.29, 1.82) is 0 Å². The third-order valence-electron chi connectivity index (χ3n) is 2.49. The molecule has 66 valence electrons. The van der Waals surface area contributed by atoms with Crippen molar-refractivity contribution in [3.8, 4) is 0 Å². The van der Waals surface area contributed by atoms with Crippen LogP contribution in [0.5, 0.6) is 0 Å². The van der Waals surface area contributed by atoms with Crippen LogP contribution in [0.3, 0.4) is 0 Å². The first-order chi connectivity index (χ1) is 6.34. The molecule has 1 saturated carbocycles. The smallest absolute Gasteiger partial charge is 0.102 e. The molecule has 1 aliphatic carbocycles. The minimum atomic E-state index is 0.728. The SMILES string of the molecule is Brc1c[nH]c2ccc(C3CC3)nc12. The summed E-state index contributed by atoms with van der Waals surface area (Å²) in [5, 5.41) is 0. The Morgan fingerprint density at radius 3 is 3.00 bits per heavy atom. The normalized spacial score (nSPS) is 16.7. The van der Waals surface area contributed by atoms with Crippen molar-refractivity contribution >= 4 is 27.0 Å². The summed E-state index contributed by atoms with van der Waals surface area (Å²) < 4.78 is 1.06. The fourth-order valence-electron chi connectivity index (χ4n) is 1.59. The van der Waals surface area contributed by atoms with Gasteiger partial charge in [0.1, 0.15) is 5.52 Å². The summed E-state index contributed by atoms with van der Waals surface area (Å²) >= 11 is 3.48. The van der Waals surface area contributed by atoms with Crippen molar-refractivity contribution in [3.63, 3.8) is 0 Å². The minimum Gasteiger partial charge on any atom is -0.359 e. The second-order valence-electron chi connectivity index (χ2n) is 3.54. The van der Waals surface area contributed by atoms with E-state index in [2.05, 4.69) is 38.0 Å². The molecule has 0 radical (unpaired) electrons. The van der Waals surface area contributed by atoms with E-state index in [1.54, 1.807) is 0 Å². The van der Waals surface area contributed by atoms with Crippen LogP contribution in [-0.4, -0.2) is 9.97 Å². The van der Waals surface area contributed by atoms with E-state index >= 15 is 0 Å². The number of nitrogens with one attached hydrogen (secondary N) is 1. The molecule has 1 fully saturated rings. The van der Waals surface area contributed by atoms with Crippen molar-refractivity contribution in [2.75, 3.05) is 0 Å². The van der Waals surface area contributed by atoms with Gasteiger partial charge >= 0.3 is 0 Å². The van der Waals surface area contributed by atoms with E-state index in [0.717, 1.165) is 21.4 Å². The Morgan fingerprint density at radius 2 is 2.23 bits per heavy atom. The molecule has 0 aliphatic heterocycles. The molecule has 0 saturated heterocycles. The minimum absolute atomic E-state index is 0.728. The molecule has 0 aromatic carbocycles. The van der Waals surface area contributed by atoms with Gasteiger partial charge < -0.3 is 4.98 Å². The van der Waals surface area contributed by atoms with Gasteiger partial charge in [-0.2, -0.15) is 0 Å². The first kappa shape index (κ1) is 7.56. The van der Waals surface area contributed by atoms with Crippen LogP contribution >= 0.6 is 15.9 Å². The molecule has 3 rings (SSSR count). The Balaban J connectivity index is 2.24. The largest absolute Gasteiger partial charge is 0.359 e. The highest BCUT2D eigenvalue weighted by Gasteiger charge is 2.25. The van der Waals surface area contributed by atoms with Gasteiger partial charge in [0.2, 0.25) is 0 Å². The summed E-state index contributed by atoms with van der Waals surface area (Å²) in [6, 6.07) is 4.24.